The van der Waals surface area contributed by atoms with Crippen molar-refractivity contribution in [1.29, 1.82) is 0 Å². The predicted octanol–water partition coefficient (Wildman–Crippen LogP) is 3.16. The maximum absolute atomic E-state index is 12.5. The van der Waals surface area contributed by atoms with Crippen molar-refractivity contribution >= 4 is 16.7 Å². The second-order valence-corrected chi connectivity index (χ2v) is 5.86. The molecule has 5 nitrogen and oxygen atoms in total. The molecule has 0 aromatic carbocycles. The Morgan fingerprint density at radius 2 is 2.00 bits per heavy atom. The standard InChI is InChI=1S/C16H20F2N4O/c17-16(18)23-15-14-11(7-8-20-15)3-6-13(22-14)21-12-4-1-10(9-19)2-5-12/h3,6-8,10,12,16H,1-2,4-5,9,19H2,(H,21,22). The van der Waals surface area contributed by atoms with Crippen LogP contribution in [0.25, 0.3) is 10.9 Å². The second-order valence-electron chi connectivity index (χ2n) is 5.86. The van der Waals surface area contributed by atoms with Crippen molar-refractivity contribution in [2.75, 3.05) is 11.9 Å². The smallest absolute Gasteiger partial charge is 0.388 e. The fourth-order valence-corrected chi connectivity index (χ4v) is 3.02. The molecule has 23 heavy (non-hydrogen) atoms. The van der Waals surface area contributed by atoms with Gasteiger partial charge in [0.05, 0.1) is 0 Å². The highest BCUT2D eigenvalue weighted by atomic mass is 19.3. The van der Waals surface area contributed by atoms with Gasteiger partial charge in [-0.25, -0.2) is 9.97 Å². The van der Waals surface area contributed by atoms with E-state index in [1.165, 1.54) is 6.20 Å². The summed E-state index contributed by atoms with van der Waals surface area (Å²) in [5.74, 6) is 1.11. The van der Waals surface area contributed by atoms with Gasteiger partial charge in [-0.1, -0.05) is 0 Å². The first-order valence-corrected chi connectivity index (χ1v) is 7.83. The average Bonchev–Trinajstić information content (AvgIpc) is 2.56. The molecular formula is C16H20F2N4O. The van der Waals surface area contributed by atoms with Gasteiger partial charge < -0.3 is 15.8 Å². The molecule has 124 valence electrons. The monoisotopic (exact) mass is 322 g/mol. The summed E-state index contributed by atoms with van der Waals surface area (Å²) in [6, 6.07) is 5.73. The zero-order valence-corrected chi connectivity index (χ0v) is 12.7. The Labute approximate surface area is 133 Å². The molecule has 1 fully saturated rings. The van der Waals surface area contributed by atoms with E-state index < -0.39 is 6.61 Å². The molecule has 0 atom stereocenters. The first-order valence-electron chi connectivity index (χ1n) is 7.83. The van der Waals surface area contributed by atoms with Crippen LogP contribution in [0.5, 0.6) is 5.88 Å². The van der Waals surface area contributed by atoms with Gasteiger partial charge in [-0.3, -0.25) is 0 Å². The largest absolute Gasteiger partial charge is 0.415 e. The zero-order valence-electron chi connectivity index (χ0n) is 12.7. The summed E-state index contributed by atoms with van der Waals surface area (Å²) in [6.07, 6.45) is 5.71. The summed E-state index contributed by atoms with van der Waals surface area (Å²) in [5.41, 5.74) is 6.05. The van der Waals surface area contributed by atoms with Crippen molar-refractivity contribution in [1.82, 2.24) is 9.97 Å². The molecule has 0 aliphatic heterocycles. The lowest BCUT2D eigenvalue weighted by molar-refractivity contribution is -0.0518. The molecule has 2 heterocycles. The Bertz CT molecular complexity index is 660. The first-order chi connectivity index (χ1) is 11.2. The van der Waals surface area contributed by atoms with Crippen LogP contribution in [-0.4, -0.2) is 29.2 Å². The molecule has 1 aliphatic carbocycles. The van der Waals surface area contributed by atoms with Gasteiger partial charge in [0, 0.05) is 17.6 Å². The number of halogens is 2. The molecule has 3 rings (SSSR count). The second kappa shape index (κ2) is 7.04. The summed E-state index contributed by atoms with van der Waals surface area (Å²) in [4.78, 5) is 8.25. The summed E-state index contributed by atoms with van der Waals surface area (Å²) in [6.45, 7) is -2.18. The van der Waals surface area contributed by atoms with Gasteiger partial charge in [-0.2, -0.15) is 8.78 Å². The van der Waals surface area contributed by atoms with Crippen LogP contribution in [0.4, 0.5) is 14.6 Å². The molecule has 2 aromatic heterocycles. The Morgan fingerprint density at radius 1 is 1.22 bits per heavy atom. The summed E-state index contributed by atoms with van der Waals surface area (Å²) in [5, 5.41) is 4.09. The van der Waals surface area contributed by atoms with Gasteiger partial charge in [0.15, 0.2) is 0 Å². The fraction of sp³-hybridized carbons (Fsp3) is 0.500. The molecule has 0 bridgehead atoms. The van der Waals surface area contributed by atoms with E-state index in [0.29, 0.717) is 28.7 Å². The van der Waals surface area contributed by atoms with Crippen LogP contribution in [0, 0.1) is 5.92 Å². The van der Waals surface area contributed by atoms with Gasteiger partial charge in [0.2, 0.25) is 5.88 Å². The quantitative estimate of drug-likeness (QED) is 0.884. The van der Waals surface area contributed by atoms with Crippen LogP contribution in [0.1, 0.15) is 25.7 Å². The molecule has 3 N–H and O–H groups in total. The van der Waals surface area contributed by atoms with Crippen LogP contribution >= 0.6 is 0 Å². The maximum Gasteiger partial charge on any atom is 0.388 e. The number of hydrogen-bond donors (Lipinski definition) is 2. The molecule has 1 aliphatic rings. The first kappa shape index (κ1) is 15.9. The normalized spacial score (nSPS) is 21.6. The van der Waals surface area contributed by atoms with Gasteiger partial charge in [0.1, 0.15) is 11.3 Å². The van der Waals surface area contributed by atoms with E-state index >= 15 is 0 Å². The fourth-order valence-electron chi connectivity index (χ4n) is 3.02. The van der Waals surface area contributed by atoms with Gasteiger partial charge in [-0.15, -0.1) is 0 Å². The average molecular weight is 322 g/mol. The zero-order chi connectivity index (χ0) is 16.2. The van der Waals surface area contributed by atoms with Crippen molar-refractivity contribution < 1.29 is 13.5 Å². The van der Waals surface area contributed by atoms with Crippen molar-refractivity contribution in [2.45, 2.75) is 38.3 Å². The third kappa shape index (κ3) is 3.85. The van der Waals surface area contributed by atoms with E-state index in [-0.39, 0.29) is 5.88 Å². The maximum atomic E-state index is 12.5. The molecular weight excluding hydrogens is 302 g/mol. The Hall–Kier alpha value is -2.02. The summed E-state index contributed by atoms with van der Waals surface area (Å²) in [7, 11) is 0. The number of pyridine rings is 2. The SMILES string of the molecule is NCC1CCC(Nc2ccc3ccnc(OC(F)F)c3n2)CC1. The molecule has 0 unspecified atom stereocenters. The number of fused-ring (bicyclic) bond motifs is 1. The highest BCUT2D eigenvalue weighted by Gasteiger charge is 2.20. The van der Waals surface area contributed by atoms with E-state index in [1.807, 2.05) is 12.1 Å². The number of anilines is 1. The lowest BCUT2D eigenvalue weighted by Crippen LogP contribution is -2.29. The number of ether oxygens (including phenoxy) is 1. The minimum atomic E-state index is -2.92. The molecule has 0 spiro atoms. The van der Waals surface area contributed by atoms with Crippen LogP contribution in [0.2, 0.25) is 0 Å². The number of hydrogen-bond acceptors (Lipinski definition) is 5. The van der Waals surface area contributed by atoms with E-state index in [2.05, 4.69) is 20.0 Å². The highest BCUT2D eigenvalue weighted by molar-refractivity contribution is 5.84. The minimum absolute atomic E-state index is 0.145. The summed E-state index contributed by atoms with van der Waals surface area (Å²) >= 11 is 0. The van der Waals surface area contributed by atoms with Crippen molar-refractivity contribution in [2.24, 2.45) is 11.7 Å². The predicted molar refractivity (Wildman–Crippen MR) is 84.6 cm³/mol. The van der Waals surface area contributed by atoms with Crippen LogP contribution in [0.3, 0.4) is 0 Å². The van der Waals surface area contributed by atoms with E-state index in [0.717, 1.165) is 32.2 Å². The van der Waals surface area contributed by atoms with Gasteiger partial charge >= 0.3 is 6.61 Å². The lowest BCUT2D eigenvalue weighted by Gasteiger charge is -2.28. The van der Waals surface area contributed by atoms with Gasteiger partial charge in [0.25, 0.3) is 0 Å². The molecule has 7 heteroatoms. The van der Waals surface area contributed by atoms with Crippen molar-refractivity contribution in [3.8, 4) is 5.88 Å². The summed E-state index contributed by atoms with van der Waals surface area (Å²) < 4.78 is 29.4. The number of nitrogens with zero attached hydrogens (tertiary/aromatic N) is 2. The van der Waals surface area contributed by atoms with Crippen molar-refractivity contribution in [3.63, 3.8) is 0 Å². The third-order valence-corrected chi connectivity index (χ3v) is 4.31. The van der Waals surface area contributed by atoms with E-state index in [1.54, 1.807) is 6.07 Å². The van der Waals surface area contributed by atoms with E-state index in [9.17, 15) is 8.78 Å². The Kier molecular flexibility index (Phi) is 4.85. The van der Waals surface area contributed by atoms with E-state index in [4.69, 9.17) is 5.73 Å². The Morgan fingerprint density at radius 3 is 2.70 bits per heavy atom. The number of rotatable bonds is 5. The molecule has 0 amide bonds. The lowest BCUT2D eigenvalue weighted by atomic mass is 9.86. The van der Waals surface area contributed by atoms with Crippen LogP contribution in [0.15, 0.2) is 24.4 Å². The number of nitrogens with one attached hydrogen (secondary N) is 1. The minimum Gasteiger partial charge on any atom is -0.415 e. The number of alkyl halides is 2. The molecule has 2 aromatic rings. The highest BCUT2D eigenvalue weighted by Crippen LogP contribution is 2.28. The molecule has 0 radical (unpaired) electrons. The van der Waals surface area contributed by atoms with Crippen molar-refractivity contribution in [3.05, 3.63) is 24.4 Å². The number of nitrogens with two attached hydrogens (primary N) is 1. The van der Waals surface area contributed by atoms with Gasteiger partial charge in [-0.05, 0) is 56.3 Å². The topological polar surface area (TPSA) is 73.1 Å². The molecule has 1 saturated carbocycles. The third-order valence-electron chi connectivity index (χ3n) is 4.31. The van der Waals surface area contributed by atoms with Crippen LogP contribution < -0.4 is 15.8 Å². The molecule has 0 saturated heterocycles. The Balaban J connectivity index is 1.77. The van der Waals surface area contributed by atoms with Crippen LogP contribution in [-0.2, 0) is 0 Å². The number of aromatic nitrogens is 2.